The van der Waals surface area contributed by atoms with Gasteiger partial charge in [-0.25, -0.2) is 4.99 Å². The molecule has 2 amide bonds. The van der Waals surface area contributed by atoms with Crippen LogP contribution in [0.5, 0.6) is 0 Å². The Labute approximate surface area is 160 Å². The number of nitrogens with zero attached hydrogens (tertiary/aromatic N) is 2. The molecule has 1 aliphatic heterocycles. The average molecular weight is 376 g/mol. The molecule has 2 aliphatic rings. The van der Waals surface area contributed by atoms with Gasteiger partial charge < -0.3 is 10.2 Å². The molecule has 1 heterocycles. The Hall–Kier alpha value is -1.66. The van der Waals surface area contributed by atoms with Crippen molar-refractivity contribution in [2.24, 2.45) is 16.8 Å². The standard InChI is InChI=1S/C20H29N3O2S/c1-14(2)12-23(13-15(3)4)10-9-21-19(24)11-18-20(25)22-16-7-5-6-8-17(16)26-18/h5-8,11,14-15,17H,9-10,12-13H2,1-4H3,(H,21,24)/b18-11-. The zero-order valence-electron chi connectivity index (χ0n) is 16.1. The molecule has 0 saturated heterocycles. The van der Waals surface area contributed by atoms with Gasteiger partial charge in [-0.1, -0.05) is 45.9 Å². The van der Waals surface area contributed by atoms with E-state index in [2.05, 4.69) is 42.9 Å². The molecule has 1 unspecified atom stereocenters. The van der Waals surface area contributed by atoms with Gasteiger partial charge in [-0.05, 0) is 17.9 Å². The second-order valence-electron chi connectivity index (χ2n) is 7.47. The Morgan fingerprint density at radius 2 is 1.96 bits per heavy atom. The predicted octanol–water partition coefficient (Wildman–Crippen LogP) is 2.81. The number of carbonyl (C=O) groups is 2. The summed E-state index contributed by atoms with van der Waals surface area (Å²) in [6.45, 7) is 12.2. The summed E-state index contributed by atoms with van der Waals surface area (Å²) in [7, 11) is 0. The molecule has 1 N–H and O–H groups in total. The van der Waals surface area contributed by atoms with Gasteiger partial charge in [0.25, 0.3) is 5.91 Å². The van der Waals surface area contributed by atoms with Crippen molar-refractivity contribution in [3.05, 3.63) is 35.3 Å². The van der Waals surface area contributed by atoms with E-state index in [4.69, 9.17) is 0 Å². The van der Waals surface area contributed by atoms with Crippen molar-refractivity contribution in [1.82, 2.24) is 10.2 Å². The third kappa shape index (κ3) is 6.57. The molecule has 0 bridgehead atoms. The highest BCUT2D eigenvalue weighted by Gasteiger charge is 2.26. The number of carbonyl (C=O) groups excluding carboxylic acids is 2. The minimum Gasteiger partial charge on any atom is -0.351 e. The molecule has 0 aromatic rings. The lowest BCUT2D eigenvalue weighted by molar-refractivity contribution is -0.117. The van der Waals surface area contributed by atoms with Crippen LogP contribution in [0.4, 0.5) is 0 Å². The Kier molecular flexibility index (Phi) is 7.85. The van der Waals surface area contributed by atoms with Gasteiger partial charge in [0.1, 0.15) is 0 Å². The lowest BCUT2D eigenvalue weighted by Gasteiger charge is -2.26. The topological polar surface area (TPSA) is 61.8 Å². The molecular weight excluding hydrogens is 346 g/mol. The maximum absolute atomic E-state index is 12.2. The molecule has 0 fully saturated rings. The smallest absolute Gasteiger partial charge is 0.283 e. The van der Waals surface area contributed by atoms with Gasteiger partial charge in [0.15, 0.2) is 0 Å². The van der Waals surface area contributed by atoms with Crippen molar-refractivity contribution in [1.29, 1.82) is 0 Å². The zero-order chi connectivity index (χ0) is 19.1. The van der Waals surface area contributed by atoms with Gasteiger partial charge in [-0.15, -0.1) is 11.8 Å². The number of thioether (sulfide) groups is 1. The summed E-state index contributed by atoms with van der Waals surface area (Å²) >= 11 is 1.38. The van der Waals surface area contributed by atoms with Crippen LogP contribution in [-0.2, 0) is 9.59 Å². The summed E-state index contributed by atoms with van der Waals surface area (Å²) in [5, 5.41) is 2.91. The van der Waals surface area contributed by atoms with Crippen molar-refractivity contribution in [3.63, 3.8) is 0 Å². The summed E-state index contributed by atoms with van der Waals surface area (Å²) in [6.07, 6.45) is 9.00. The monoisotopic (exact) mass is 375 g/mol. The van der Waals surface area contributed by atoms with Crippen LogP contribution in [0.15, 0.2) is 40.3 Å². The fourth-order valence-electron chi connectivity index (χ4n) is 2.97. The molecule has 2 rings (SSSR count). The largest absolute Gasteiger partial charge is 0.351 e. The van der Waals surface area contributed by atoms with Gasteiger partial charge >= 0.3 is 0 Å². The molecule has 0 saturated carbocycles. The van der Waals surface area contributed by atoms with Gasteiger partial charge in [0.05, 0.1) is 15.9 Å². The first-order valence-electron chi connectivity index (χ1n) is 9.21. The number of fused-ring (bicyclic) bond motifs is 1. The molecule has 0 aromatic carbocycles. The van der Waals surface area contributed by atoms with Crippen LogP contribution in [0, 0.1) is 11.8 Å². The Morgan fingerprint density at radius 3 is 2.62 bits per heavy atom. The number of allylic oxidation sites excluding steroid dienone is 3. The quantitative estimate of drug-likeness (QED) is 0.663. The number of hydrogen-bond acceptors (Lipinski definition) is 4. The van der Waals surface area contributed by atoms with E-state index in [1.54, 1.807) is 0 Å². The fraction of sp³-hybridized carbons (Fsp3) is 0.550. The van der Waals surface area contributed by atoms with Crippen molar-refractivity contribution < 1.29 is 9.59 Å². The maximum atomic E-state index is 12.2. The van der Waals surface area contributed by atoms with Crippen molar-refractivity contribution in [2.45, 2.75) is 32.9 Å². The van der Waals surface area contributed by atoms with Crippen LogP contribution in [0.25, 0.3) is 0 Å². The van der Waals surface area contributed by atoms with Gasteiger partial charge in [0.2, 0.25) is 5.91 Å². The number of amides is 2. The zero-order valence-corrected chi connectivity index (χ0v) is 16.9. The summed E-state index contributed by atoms with van der Waals surface area (Å²) in [6, 6.07) is 0. The molecule has 26 heavy (non-hydrogen) atoms. The molecule has 0 radical (unpaired) electrons. The minimum atomic E-state index is -0.336. The van der Waals surface area contributed by atoms with Crippen LogP contribution in [0.3, 0.4) is 0 Å². The first-order valence-corrected chi connectivity index (χ1v) is 10.1. The highest BCUT2D eigenvalue weighted by Crippen LogP contribution is 2.31. The molecule has 142 valence electrons. The van der Waals surface area contributed by atoms with Crippen molar-refractivity contribution >= 4 is 29.3 Å². The highest BCUT2D eigenvalue weighted by atomic mass is 32.2. The number of aliphatic imine (C=N–C) groups is 1. The molecular formula is C20H29N3O2S. The normalized spacial score (nSPS) is 20.9. The van der Waals surface area contributed by atoms with Crippen LogP contribution in [-0.4, -0.2) is 53.9 Å². The van der Waals surface area contributed by atoms with Crippen LogP contribution in [0.2, 0.25) is 0 Å². The second kappa shape index (κ2) is 9.88. The average Bonchev–Trinajstić information content (AvgIpc) is 2.54. The van der Waals surface area contributed by atoms with Crippen LogP contribution >= 0.6 is 11.8 Å². The van der Waals surface area contributed by atoms with E-state index in [-0.39, 0.29) is 17.1 Å². The van der Waals surface area contributed by atoms with E-state index in [0.717, 1.165) is 25.3 Å². The number of hydrogen-bond donors (Lipinski definition) is 1. The number of rotatable bonds is 8. The molecule has 5 nitrogen and oxygen atoms in total. The third-order valence-corrected chi connectivity index (χ3v) is 5.09. The van der Waals surface area contributed by atoms with E-state index in [0.29, 0.717) is 23.3 Å². The fourth-order valence-corrected chi connectivity index (χ4v) is 3.98. The summed E-state index contributed by atoms with van der Waals surface area (Å²) in [5.41, 5.74) is 0.748. The predicted molar refractivity (Wildman–Crippen MR) is 109 cm³/mol. The second-order valence-corrected chi connectivity index (χ2v) is 8.65. The lowest BCUT2D eigenvalue weighted by atomic mass is 10.1. The van der Waals surface area contributed by atoms with Crippen LogP contribution < -0.4 is 5.32 Å². The van der Waals surface area contributed by atoms with Gasteiger partial charge in [0, 0.05) is 32.3 Å². The molecule has 6 heteroatoms. The summed E-state index contributed by atoms with van der Waals surface area (Å²) in [5.74, 6) is 0.612. The first kappa shape index (κ1) is 20.6. The Morgan fingerprint density at radius 1 is 1.27 bits per heavy atom. The van der Waals surface area contributed by atoms with Crippen molar-refractivity contribution in [3.8, 4) is 0 Å². The van der Waals surface area contributed by atoms with E-state index in [1.165, 1.54) is 17.8 Å². The Balaban J connectivity index is 1.86. The molecule has 1 atom stereocenters. The minimum absolute atomic E-state index is 0.0179. The van der Waals surface area contributed by atoms with E-state index in [9.17, 15) is 9.59 Å². The molecule has 1 aliphatic carbocycles. The molecule has 0 spiro atoms. The van der Waals surface area contributed by atoms with E-state index in [1.807, 2.05) is 24.3 Å². The molecule has 0 aromatic heterocycles. The van der Waals surface area contributed by atoms with Crippen molar-refractivity contribution in [2.75, 3.05) is 26.2 Å². The highest BCUT2D eigenvalue weighted by molar-refractivity contribution is 8.05. The summed E-state index contributed by atoms with van der Waals surface area (Å²) in [4.78, 5) is 31.1. The van der Waals surface area contributed by atoms with Gasteiger partial charge in [-0.2, -0.15) is 0 Å². The number of nitrogens with one attached hydrogen (secondary N) is 1. The van der Waals surface area contributed by atoms with Crippen LogP contribution in [0.1, 0.15) is 27.7 Å². The SMILES string of the molecule is CC(C)CN(CCNC(=O)/C=C1\SC2C=CC=CC2=NC1=O)CC(C)C. The van der Waals surface area contributed by atoms with Gasteiger partial charge in [-0.3, -0.25) is 9.59 Å². The lowest BCUT2D eigenvalue weighted by Crippen LogP contribution is -2.38. The van der Waals surface area contributed by atoms with E-state index >= 15 is 0 Å². The third-order valence-electron chi connectivity index (χ3n) is 3.89. The maximum Gasteiger partial charge on any atom is 0.283 e. The Bertz CT molecular complexity index is 637. The summed E-state index contributed by atoms with van der Waals surface area (Å²) < 4.78 is 0. The van der Waals surface area contributed by atoms with E-state index < -0.39 is 0 Å². The first-order chi connectivity index (χ1) is 12.3.